The van der Waals surface area contributed by atoms with Gasteiger partial charge < -0.3 is 4.90 Å². The van der Waals surface area contributed by atoms with Crippen molar-refractivity contribution in [3.05, 3.63) is 0 Å². The van der Waals surface area contributed by atoms with Crippen LogP contribution in [-0.2, 0) is 4.79 Å². The highest BCUT2D eigenvalue weighted by Crippen LogP contribution is 2.26. The van der Waals surface area contributed by atoms with Gasteiger partial charge in [0.05, 0.1) is 0 Å². The number of halogens is 1. The third-order valence-corrected chi connectivity index (χ3v) is 1.80. The largest absolute Gasteiger partial charge is 0.345 e. The van der Waals surface area contributed by atoms with E-state index in [-0.39, 0.29) is 6.04 Å². The molecular formula is C6H10FNO. The van der Waals surface area contributed by atoms with Crippen LogP contribution in [-0.4, -0.2) is 30.6 Å². The molecule has 0 saturated heterocycles. The van der Waals surface area contributed by atoms with Gasteiger partial charge >= 0.3 is 0 Å². The molecule has 1 aliphatic rings. The predicted octanol–water partition coefficient (Wildman–Crippen LogP) is 0.575. The standard InChI is InChI=1S/C6H10FNO/c1-8(4-9)6-2-5(7)3-6/h4-6H,2-3H2,1H3. The minimum absolute atomic E-state index is 0.164. The van der Waals surface area contributed by atoms with Crippen molar-refractivity contribution in [3.8, 4) is 0 Å². The van der Waals surface area contributed by atoms with E-state index < -0.39 is 6.17 Å². The van der Waals surface area contributed by atoms with Gasteiger partial charge in [-0.2, -0.15) is 0 Å². The zero-order valence-corrected chi connectivity index (χ0v) is 5.38. The number of carbonyl (C=O) groups excluding carboxylic acids is 1. The van der Waals surface area contributed by atoms with Crippen molar-refractivity contribution in [2.45, 2.75) is 25.1 Å². The molecule has 1 fully saturated rings. The predicted molar refractivity (Wildman–Crippen MR) is 31.7 cm³/mol. The van der Waals surface area contributed by atoms with Gasteiger partial charge in [-0.15, -0.1) is 0 Å². The molecule has 0 aromatic carbocycles. The van der Waals surface area contributed by atoms with Crippen molar-refractivity contribution in [1.82, 2.24) is 4.90 Å². The van der Waals surface area contributed by atoms with Gasteiger partial charge in [-0.1, -0.05) is 0 Å². The Kier molecular flexibility index (Phi) is 1.69. The fourth-order valence-corrected chi connectivity index (χ4v) is 0.940. The van der Waals surface area contributed by atoms with Crippen LogP contribution in [0.4, 0.5) is 4.39 Å². The molecule has 0 spiro atoms. The fraction of sp³-hybridized carbons (Fsp3) is 0.833. The lowest BCUT2D eigenvalue weighted by Crippen LogP contribution is -2.42. The highest BCUT2D eigenvalue weighted by Gasteiger charge is 2.31. The second-order valence-corrected chi connectivity index (χ2v) is 2.49. The smallest absolute Gasteiger partial charge is 0.209 e. The molecule has 3 heteroatoms. The Morgan fingerprint density at radius 2 is 2.22 bits per heavy atom. The Morgan fingerprint density at radius 1 is 1.67 bits per heavy atom. The van der Waals surface area contributed by atoms with Gasteiger partial charge in [0.2, 0.25) is 6.41 Å². The van der Waals surface area contributed by atoms with Gasteiger partial charge in [0.25, 0.3) is 0 Å². The maximum Gasteiger partial charge on any atom is 0.209 e. The first kappa shape index (κ1) is 6.52. The van der Waals surface area contributed by atoms with E-state index in [0.717, 1.165) is 6.41 Å². The zero-order chi connectivity index (χ0) is 6.85. The Hall–Kier alpha value is -0.600. The molecule has 0 heterocycles. The van der Waals surface area contributed by atoms with Crippen LogP contribution in [0.1, 0.15) is 12.8 Å². The highest BCUT2D eigenvalue weighted by atomic mass is 19.1. The van der Waals surface area contributed by atoms with Crippen molar-refractivity contribution < 1.29 is 9.18 Å². The quantitative estimate of drug-likeness (QED) is 0.502. The Morgan fingerprint density at radius 3 is 2.56 bits per heavy atom. The summed E-state index contributed by atoms with van der Waals surface area (Å²) in [5.41, 5.74) is 0. The summed E-state index contributed by atoms with van der Waals surface area (Å²) in [6.07, 6.45) is 1.12. The van der Waals surface area contributed by atoms with Crippen LogP contribution in [0.15, 0.2) is 0 Å². The van der Waals surface area contributed by atoms with Crippen molar-refractivity contribution in [2.75, 3.05) is 7.05 Å². The molecule has 0 aromatic rings. The van der Waals surface area contributed by atoms with E-state index in [1.165, 1.54) is 4.90 Å². The van der Waals surface area contributed by atoms with Crippen LogP contribution >= 0.6 is 0 Å². The zero-order valence-electron chi connectivity index (χ0n) is 5.38. The van der Waals surface area contributed by atoms with Crippen LogP contribution in [0.2, 0.25) is 0 Å². The average molecular weight is 131 g/mol. The van der Waals surface area contributed by atoms with E-state index in [2.05, 4.69) is 0 Å². The third kappa shape index (κ3) is 1.20. The molecule has 0 aromatic heterocycles. The molecule has 0 unspecified atom stereocenters. The van der Waals surface area contributed by atoms with Crippen molar-refractivity contribution >= 4 is 6.41 Å². The van der Waals surface area contributed by atoms with Crippen molar-refractivity contribution in [2.24, 2.45) is 0 Å². The lowest BCUT2D eigenvalue weighted by atomic mass is 9.90. The van der Waals surface area contributed by atoms with Gasteiger partial charge in [0, 0.05) is 13.1 Å². The molecule has 0 atom stereocenters. The molecule has 1 rings (SSSR count). The van der Waals surface area contributed by atoms with E-state index in [0.29, 0.717) is 12.8 Å². The molecular weight excluding hydrogens is 121 g/mol. The Bertz CT molecular complexity index is 112. The number of nitrogens with zero attached hydrogens (tertiary/aromatic N) is 1. The SMILES string of the molecule is CN(C=O)C1CC(F)C1. The third-order valence-electron chi connectivity index (χ3n) is 1.80. The first-order chi connectivity index (χ1) is 4.24. The molecule has 0 N–H and O–H groups in total. The van der Waals surface area contributed by atoms with Crippen molar-refractivity contribution in [1.29, 1.82) is 0 Å². The van der Waals surface area contributed by atoms with Gasteiger partial charge in [-0.3, -0.25) is 4.79 Å². The minimum atomic E-state index is -0.669. The van der Waals surface area contributed by atoms with E-state index in [9.17, 15) is 9.18 Å². The molecule has 0 radical (unpaired) electrons. The van der Waals surface area contributed by atoms with E-state index in [1.54, 1.807) is 7.05 Å². The lowest BCUT2D eigenvalue weighted by Gasteiger charge is -2.34. The molecule has 9 heavy (non-hydrogen) atoms. The topological polar surface area (TPSA) is 20.3 Å². The number of alkyl halides is 1. The second kappa shape index (κ2) is 2.33. The number of carbonyl (C=O) groups is 1. The first-order valence-corrected chi connectivity index (χ1v) is 3.05. The number of hydrogen-bond donors (Lipinski definition) is 0. The summed E-state index contributed by atoms with van der Waals surface area (Å²) in [5, 5.41) is 0. The van der Waals surface area contributed by atoms with Crippen LogP contribution in [0.3, 0.4) is 0 Å². The summed E-state index contributed by atoms with van der Waals surface area (Å²) < 4.78 is 12.1. The van der Waals surface area contributed by atoms with Crippen LogP contribution in [0, 0.1) is 0 Å². The van der Waals surface area contributed by atoms with Gasteiger partial charge in [-0.05, 0) is 12.8 Å². The maximum atomic E-state index is 12.1. The Balaban J connectivity index is 2.23. The number of rotatable bonds is 2. The molecule has 1 aliphatic carbocycles. The van der Waals surface area contributed by atoms with E-state index in [1.807, 2.05) is 0 Å². The normalized spacial score (nSPS) is 33.1. The lowest BCUT2D eigenvalue weighted by molar-refractivity contribution is -0.121. The first-order valence-electron chi connectivity index (χ1n) is 3.05. The molecule has 0 bridgehead atoms. The minimum Gasteiger partial charge on any atom is -0.345 e. The summed E-state index contributed by atoms with van der Waals surface area (Å²) in [6, 6.07) is 0.164. The Labute approximate surface area is 53.6 Å². The number of amides is 1. The summed E-state index contributed by atoms with van der Waals surface area (Å²) >= 11 is 0. The summed E-state index contributed by atoms with van der Waals surface area (Å²) in [7, 11) is 1.68. The van der Waals surface area contributed by atoms with Crippen molar-refractivity contribution in [3.63, 3.8) is 0 Å². The molecule has 0 aliphatic heterocycles. The summed E-state index contributed by atoms with van der Waals surface area (Å²) in [5.74, 6) is 0. The molecule has 1 saturated carbocycles. The van der Waals surface area contributed by atoms with E-state index >= 15 is 0 Å². The molecule has 1 amide bonds. The van der Waals surface area contributed by atoms with Gasteiger partial charge in [-0.25, -0.2) is 4.39 Å². The van der Waals surface area contributed by atoms with Crippen LogP contribution < -0.4 is 0 Å². The van der Waals surface area contributed by atoms with Gasteiger partial charge in [0.1, 0.15) is 6.17 Å². The fourth-order valence-electron chi connectivity index (χ4n) is 0.940. The molecule has 52 valence electrons. The maximum absolute atomic E-state index is 12.1. The van der Waals surface area contributed by atoms with Crippen LogP contribution in [0.25, 0.3) is 0 Å². The number of hydrogen-bond acceptors (Lipinski definition) is 1. The summed E-state index contributed by atoms with van der Waals surface area (Å²) in [6.45, 7) is 0. The second-order valence-electron chi connectivity index (χ2n) is 2.49. The average Bonchev–Trinajstić information content (AvgIpc) is 1.79. The van der Waals surface area contributed by atoms with E-state index in [4.69, 9.17) is 0 Å². The van der Waals surface area contributed by atoms with Crippen LogP contribution in [0.5, 0.6) is 0 Å². The monoisotopic (exact) mass is 131 g/mol. The molecule has 2 nitrogen and oxygen atoms in total. The highest BCUT2D eigenvalue weighted by molar-refractivity contribution is 5.47. The van der Waals surface area contributed by atoms with Gasteiger partial charge in [0.15, 0.2) is 0 Å². The summed E-state index contributed by atoms with van der Waals surface area (Å²) in [4.78, 5) is 11.6.